The Hall–Kier alpha value is -3.28. The number of aldehydes is 1. The van der Waals surface area contributed by atoms with Crippen LogP contribution in [0.3, 0.4) is 0 Å². The maximum atomic E-state index is 12.2. The molecule has 0 atom stereocenters. The van der Waals surface area contributed by atoms with Crippen LogP contribution in [0.5, 0.6) is 0 Å². The van der Waals surface area contributed by atoms with E-state index in [4.69, 9.17) is 4.74 Å². The summed E-state index contributed by atoms with van der Waals surface area (Å²) < 4.78 is 5.02. The number of unbranched alkanes of at least 4 members (excludes halogenated alkanes) is 2. The molecule has 28 heavy (non-hydrogen) atoms. The van der Waals surface area contributed by atoms with Gasteiger partial charge in [0.15, 0.2) is 12.4 Å². The molecule has 0 bridgehead atoms. The maximum absolute atomic E-state index is 12.2. The highest BCUT2D eigenvalue weighted by molar-refractivity contribution is 6.00. The van der Waals surface area contributed by atoms with E-state index in [-0.39, 0.29) is 17.3 Å². The van der Waals surface area contributed by atoms with Crippen molar-refractivity contribution in [1.29, 1.82) is 0 Å². The molecule has 2 aromatic rings. The number of esters is 1. The summed E-state index contributed by atoms with van der Waals surface area (Å²) in [4.78, 5) is 46.6. The number of nitrogens with one attached hydrogen (secondary N) is 1. The Bertz CT molecular complexity index is 825. The van der Waals surface area contributed by atoms with Crippen molar-refractivity contribution in [1.82, 2.24) is 0 Å². The molecule has 0 heterocycles. The number of Topliss-reactive ketones (excluding diaryl/α,β-unsaturated/α-hetero) is 1. The zero-order valence-corrected chi connectivity index (χ0v) is 15.8. The molecule has 0 aliphatic carbocycles. The number of ketones is 1. The molecule has 0 aliphatic rings. The molecule has 0 spiro atoms. The van der Waals surface area contributed by atoms with Crippen molar-refractivity contribution in [2.24, 2.45) is 0 Å². The summed E-state index contributed by atoms with van der Waals surface area (Å²) in [5, 5.41) is 2.79. The van der Waals surface area contributed by atoms with Crippen molar-refractivity contribution >= 4 is 29.6 Å². The minimum atomic E-state index is -0.637. The molecule has 146 valence electrons. The minimum absolute atomic E-state index is 0.0537. The van der Waals surface area contributed by atoms with E-state index >= 15 is 0 Å². The first-order chi connectivity index (χ1) is 13.5. The highest BCUT2D eigenvalue weighted by Crippen LogP contribution is 2.12. The Morgan fingerprint density at radius 1 is 0.929 bits per heavy atom. The van der Waals surface area contributed by atoms with E-state index in [0.29, 0.717) is 29.5 Å². The highest BCUT2D eigenvalue weighted by atomic mass is 16.5. The molecule has 0 aromatic heterocycles. The van der Waals surface area contributed by atoms with E-state index < -0.39 is 12.6 Å². The van der Waals surface area contributed by atoms with Gasteiger partial charge < -0.3 is 10.1 Å². The molecule has 0 saturated heterocycles. The van der Waals surface area contributed by atoms with Crippen molar-refractivity contribution in [2.45, 2.75) is 32.6 Å². The molecule has 2 aromatic carbocycles. The van der Waals surface area contributed by atoms with E-state index in [1.807, 2.05) is 0 Å². The topological polar surface area (TPSA) is 89.5 Å². The maximum Gasteiger partial charge on any atom is 0.338 e. The second-order valence-electron chi connectivity index (χ2n) is 6.32. The molecule has 6 nitrogen and oxygen atoms in total. The first-order valence-corrected chi connectivity index (χ1v) is 9.19. The summed E-state index contributed by atoms with van der Waals surface area (Å²) in [6.07, 6.45) is 4.07. The molecule has 0 radical (unpaired) electrons. The van der Waals surface area contributed by atoms with Crippen molar-refractivity contribution in [3.63, 3.8) is 0 Å². The van der Waals surface area contributed by atoms with Gasteiger partial charge in [0.1, 0.15) is 6.29 Å². The molecular formula is C22H23NO5. The Labute approximate surface area is 163 Å². The van der Waals surface area contributed by atoms with Crippen LogP contribution in [0.2, 0.25) is 0 Å². The molecule has 0 saturated carbocycles. The van der Waals surface area contributed by atoms with E-state index in [1.165, 1.54) is 24.3 Å². The lowest BCUT2D eigenvalue weighted by Gasteiger charge is -2.07. The lowest BCUT2D eigenvalue weighted by atomic mass is 10.1. The van der Waals surface area contributed by atoms with Gasteiger partial charge in [-0.1, -0.05) is 31.9 Å². The van der Waals surface area contributed by atoms with Crippen LogP contribution >= 0.6 is 0 Å². The number of hydrogen-bond acceptors (Lipinski definition) is 5. The van der Waals surface area contributed by atoms with Crippen molar-refractivity contribution in [3.05, 3.63) is 65.2 Å². The van der Waals surface area contributed by atoms with Crippen molar-refractivity contribution < 1.29 is 23.9 Å². The van der Waals surface area contributed by atoms with Crippen LogP contribution in [-0.4, -0.2) is 30.6 Å². The SMILES string of the molecule is CCCCCC(=O)Nc1ccc(C(=O)COC(=O)c2ccc(C=O)cc2)cc1. The number of carbonyl (C=O) groups excluding carboxylic acids is 4. The fourth-order valence-corrected chi connectivity index (χ4v) is 2.49. The normalized spacial score (nSPS) is 10.2. The average Bonchev–Trinajstić information content (AvgIpc) is 2.72. The third-order valence-corrected chi connectivity index (χ3v) is 4.11. The zero-order chi connectivity index (χ0) is 20.4. The number of hydrogen-bond donors (Lipinski definition) is 1. The second-order valence-corrected chi connectivity index (χ2v) is 6.32. The third-order valence-electron chi connectivity index (χ3n) is 4.11. The Morgan fingerprint density at radius 3 is 2.18 bits per heavy atom. The fraction of sp³-hybridized carbons (Fsp3) is 0.273. The summed E-state index contributed by atoms with van der Waals surface area (Å²) >= 11 is 0. The van der Waals surface area contributed by atoms with Gasteiger partial charge in [0.2, 0.25) is 5.91 Å². The van der Waals surface area contributed by atoms with Crippen LogP contribution in [-0.2, 0) is 9.53 Å². The predicted molar refractivity (Wildman–Crippen MR) is 106 cm³/mol. The summed E-state index contributed by atoms with van der Waals surface area (Å²) in [7, 11) is 0. The van der Waals surface area contributed by atoms with Gasteiger partial charge in [-0.05, 0) is 42.8 Å². The first-order valence-electron chi connectivity index (χ1n) is 9.19. The summed E-state index contributed by atoms with van der Waals surface area (Å²) in [5.74, 6) is -1.04. The standard InChI is InChI=1S/C22H23NO5/c1-2-3-4-5-21(26)23-19-12-10-17(11-13-19)20(25)15-28-22(27)18-8-6-16(14-24)7-9-18/h6-14H,2-5,15H2,1H3,(H,23,26). The first kappa shape index (κ1) is 21.0. The predicted octanol–water partition coefficient (Wildman–Crippen LogP) is 4.06. The minimum Gasteiger partial charge on any atom is -0.454 e. The quantitative estimate of drug-likeness (QED) is 0.290. The number of anilines is 1. The molecule has 0 unspecified atom stereocenters. The van der Waals surface area contributed by atoms with E-state index in [9.17, 15) is 19.2 Å². The number of amides is 1. The van der Waals surface area contributed by atoms with Gasteiger partial charge in [-0.2, -0.15) is 0 Å². The molecule has 0 fully saturated rings. The summed E-state index contributed by atoms with van der Waals surface area (Å²) in [6.45, 7) is 1.69. The number of ether oxygens (including phenoxy) is 1. The van der Waals surface area contributed by atoms with E-state index in [2.05, 4.69) is 12.2 Å². The summed E-state index contributed by atoms with van der Waals surface area (Å²) in [5.41, 5.74) is 1.71. The molecule has 1 N–H and O–H groups in total. The number of rotatable bonds is 10. The molecule has 0 aliphatic heterocycles. The van der Waals surface area contributed by atoms with Crippen LogP contribution in [0.25, 0.3) is 0 Å². The average molecular weight is 381 g/mol. The van der Waals surface area contributed by atoms with Gasteiger partial charge in [0, 0.05) is 23.2 Å². The van der Waals surface area contributed by atoms with Gasteiger partial charge in [-0.3, -0.25) is 14.4 Å². The van der Waals surface area contributed by atoms with E-state index in [1.54, 1.807) is 24.3 Å². The van der Waals surface area contributed by atoms with Crippen molar-refractivity contribution in [3.8, 4) is 0 Å². The third kappa shape index (κ3) is 6.46. The highest BCUT2D eigenvalue weighted by Gasteiger charge is 2.12. The van der Waals surface area contributed by atoms with Gasteiger partial charge in [-0.25, -0.2) is 4.79 Å². The van der Waals surface area contributed by atoms with Crippen molar-refractivity contribution in [2.75, 3.05) is 11.9 Å². The molecular weight excluding hydrogens is 358 g/mol. The van der Waals surface area contributed by atoms with Crippen LogP contribution in [0, 0.1) is 0 Å². The van der Waals surface area contributed by atoms with Gasteiger partial charge in [0.25, 0.3) is 0 Å². The number of carbonyl (C=O) groups is 4. The van der Waals surface area contributed by atoms with E-state index in [0.717, 1.165) is 19.3 Å². The lowest BCUT2D eigenvalue weighted by molar-refractivity contribution is -0.116. The smallest absolute Gasteiger partial charge is 0.338 e. The van der Waals surface area contributed by atoms with Crippen LogP contribution < -0.4 is 5.32 Å². The fourth-order valence-electron chi connectivity index (χ4n) is 2.49. The molecule has 1 amide bonds. The van der Waals surface area contributed by atoms with Crippen LogP contribution in [0.1, 0.15) is 63.7 Å². The molecule has 2 rings (SSSR count). The largest absolute Gasteiger partial charge is 0.454 e. The second kappa shape index (κ2) is 10.8. The number of benzene rings is 2. The van der Waals surface area contributed by atoms with Crippen LogP contribution in [0.4, 0.5) is 5.69 Å². The lowest BCUT2D eigenvalue weighted by Crippen LogP contribution is -2.15. The summed E-state index contributed by atoms with van der Waals surface area (Å²) in [6, 6.07) is 12.4. The Balaban J connectivity index is 1.84. The van der Waals surface area contributed by atoms with Gasteiger partial charge in [-0.15, -0.1) is 0 Å². The van der Waals surface area contributed by atoms with Gasteiger partial charge in [0.05, 0.1) is 5.56 Å². The zero-order valence-electron chi connectivity index (χ0n) is 15.8. The Kier molecular flexibility index (Phi) is 8.09. The molecule has 6 heteroatoms. The monoisotopic (exact) mass is 381 g/mol. The Morgan fingerprint density at radius 2 is 1.57 bits per heavy atom. The van der Waals surface area contributed by atoms with Crippen LogP contribution in [0.15, 0.2) is 48.5 Å². The van der Waals surface area contributed by atoms with Gasteiger partial charge >= 0.3 is 5.97 Å².